The second kappa shape index (κ2) is 3.27. The summed E-state index contributed by atoms with van der Waals surface area (Å²) >= 11 is 0. The second-order valence-corrected chi connectivity index (χ2v) is 3.34. The Balaban J connectivity index is 2.19. The van der Waals surface area contributed by atoms with Crippen molar-refractivity contribution in [3.63, 3.8) is 0 Å². The summed E-state index contributed by atoms with van der Waals surface area (Å²) in [6.45, 7) is 4.26. The van der Waals surface area contributed by atoms with Crippen molar-refractivity contribution in [1.29, 1.82) is 0 Å². The van der Waals surface area contributed by atoms with Gasteiger partial charge in [0.1, 0.15) is 0 Å². The Hall–Kier alpha value is -0.830. The SMILES string of the molecule is CCCC1CNCc2ccnn21. The van der Waals surface area contributed by atoms with E-state index in [4.69, 9.17) is 0 Å². The van der Waals surface area contributed by atoms with Crippen LogP contribution >= 0.6 is 0 Å². The molecule has 1 aliphatic heterocycles. The molecule has 1 aromatic rings. The van der Waals surface area contributed by atoms with Crippen molar-refractivity contribution in [1.82, 2.24) is 15.1 Å². The van der Waals surface area contributed by atoms with Gasteiger partial charge in [0, 0.05) is 19.3 Å². The largest absolute Gasteiger partial charge is 0.309 e. The van der Waals surface area contributed by atoms with Gasteiger partial charge < -0.3 is 5.32 Å². The molecule has 2 heterocycles. The van der Waals surface area contributed by atoms with Crippen LogP contribution in [0.3, 0.4) is 0 Å². The van der Waals surface area contributed by atoms with Gasteiger partial charge in [0.2, 0.25) is 0 Å². The lowest BCUT2D eigenvalue weighted by Crippen LogP contribution is -2.33. The molecule has 0 aromatic carbocycles. The molecule has 0 radical (unpaired) electrons. The fraction of sp³-hybridized carbons (Fsp3) is 0.667. The summed E-state index contributed by atoms with van der Waals surface area (Å²) in [7, 11) is 0. The van der Waals surface area contributed by atoms with Crippen molar-refractivity contribution >= 4 is 0 Å². The van der Waals surface area contributed by atoms with Crippen LogP contribution in [0.1, 0.15) is 31.5 Å². The van der Waals surface area contributed by atoms with Gasteiger partial charge in [0.05, 0.1) is 11.7 Å². The molecule has 1 aliphatic rings. The molecule has 0 spiro atoms. The Labute approximate surface area is 72.8 Å². The normalized spacial score (nSPS) is 22.2. The Kier molecular flexibility index (Phi) is 2.13. The van der Waals surface area contributed by atoms with E-state index in [1.165, 1.54) is 18.5 Å². The average molecular weight is 165 g/mol. The number of fused-ring (bicyclic) bond motifs is 1. The molecule has 3 heteroatoms. The van der Waals surface area contributed by atoms with Gasteiger partial charge in [-0.3, -0.25) is 4.68 Å². The van der Waals surface area contributed by atoms with Gasteiger partial charge in [0.25, 0.3) is 0 Å². The predicted molar refractivity (Wildman–Crippen MR) is 47.9 cm³/mol. The summed E-state index contributed by atoms with van der Waals surface area (Å²) in [6, 6.07) is 2.67. The fourth-order valence-corrected chi connectivity index (χ4v) is 1.82. The maximum atomic E-state index is 4.33. The highest BCUT2D eigenvalue weighted by atomic mass is 15.3. The molecule has 0 bridgehead atoms. The lowest BCUT2D eigenvalue weighted by molar-refractivity contribution is 0.346. The quantitative estimate of drug-likeness (QED) is 0.716. The van der Waals surface area contributed by atoms with Crippen LogP contribution in [0.5, 0.6) is 0 Å². The van der Waals surface area contributed by atoms with Crippen LogP contribution in [0, 0.1) is 0 Å². The molecule has 66 valence electrons. The molecule has 2 rings (SSSR count). The third kappa shape index (κ3) is 1.25. The van der Waals surface area contributed by atoms with Gasteiger partial charge in [-0.15, -0.1) is 0 Å². The van der Waals surface area contributed by atoms with Crippen LogP contribution in [-0.2, 0) is 6.54 Å². The Bertz CT molecular complexity index is 254. The number of nitrogens with zero attached hydrogens (tertiary/aromatic N) is 2. The summed E-state index contributed by atoms with van der Waals surface area (Å²) < 4.78 is 2.17. The molecule has 0 saturated heterocycles. The first-order chi connectivity index (χ1) is 5.92. The van der Waals surface area contributed by atoms with Crippen molar-refractivity contribution in [3.8, 4) is 0 Å². The minimum absolute atomic E-state index is 0.578. The Morgan fingerprint density at radius 2 is 2.67 bits per heavy atom. The molecular formula is C9H15N3. The first-order valence-electron chi connectivity index (χ1n) is 4.65. The summed E-state index contributed by atoms with van der Waals surface area (Å²) in [5, 5.41) is 7.73. The number of nitrogens with one attached hydrogen (secondary N) is 1. The number of hydrogen-bond donors (Lipinski definition) is 1. The smallest absolute Gasteiger partial charge is 0.0647 e. The molecule has 1 aromatic heterocycles. The van der Waals surface area contributed by atoms with E-state index in [1.807, 2.05) is 6.20 Å². The van der Waals surface area contributed by atoms with Gasteiger partial charge in [-0.2, -0.15) is 5.10 Å². The zero-order valence-corrected chi connectivity index (χ0v) is 7.45. The fourth-order valence-electron chi connectivity index (χ4n) is 1.82. The van der Waals surface area contributed by atoms with Crippen LogP contribution in [0.25, 0.3) is 0 Å². The van der Waals surface area contributed by atoms with E-state index in [0.29, 0.717) is 6.04 Å². The zero-order chi connectivity index (χ0) is 8.39. The lowest BCUT2D eigenvalue weighted by Gasteiger charge is -2.24. The van der Waals surface area contributed by atoms with E-state index in [0.717, 1.165) is 13.1 Å². The van der Waals surface area contributed by atoms with Gasteiger partial charge >= 0.3 is 0 Å². The molecule has 12 heavy (non-hydrogen) atoms. The molecule has 0 fully saturated rings. The van der Waals surface area contributed by atoms with Gasteiger partial charge in [0.15, 0.2) is 0 Å². The summed E-state index contributed by atoms with van der Waals surface area (Å²) in [4.78, 5) is 0. The minimum Gasteiger partial charge on any atom is -0.309 e. The van der Waals surface area contributed by atoms with E-state index in [-0.39, 0.29) is 0 Å². The third-order valence-corrected chi connectivity index (χ3v) is 2.41. The predicted octanol–water partition coefficient (Wildman–Crippen LogP) is 1.33. The number of aromatic nitrogens is 2. The van der Waals surface area contributed by atoms with Gasteiger partial charge in [-0.05, 0) is 12.5 Å². The molecule has 1 atom stereocenters. The first-order valence-corrected chi connectivity index (χ1v) is 4.65. The van der Waals surface area contributed by atoms with Crippen molar-refractivity contribution in [2.24, 2.45) is 0 Å². The van der Waals surface area contributed by atoms with E-state index in [2.05, 4.69) is 28.1 Å². The molecule has 0 aliphatic carbocycles. The van der Waals surface area contributed by atoms with Gasteiger partial charge in [-0.25, -0.2) is 0 Å². The molecule has 0 amide bonds. The highest BCUT2D eigenvalue weighted by Crippen LogP contribution is 2.18. The number of rotatable bonds is 2. The topological polar surface area (TPSA) is 29.9 Å². The van der Waals surface area contributed by atoms with Crippen molar-refractivity contribution in [3.05, 3.63) is 18.0 Å². The maximum Gasteiger partial charge on any atom is 0.0647 e. The highest BCUT2D eigenvalue weighted by Gasteiger charge is 2.17. The van der Waals surface area contributed by atoms with Crippen LogP contribution in [0.2, 0.25) is 0 Å². The summed E-state index contributed by atoms with van der Waals surface area (Å²) in [5.74, 6) is 0. The molecule has 1 N–H and O–H groups in total. The molecule has 1 unspecified atom stereocenters. The molecule has 0 saturated carbocycles. The van der Waals surface area contributed by atoms with E-state index in [1.54, 1.807) is 0 Å². The monoisotopic (exact) mass is 165 g/mol. The van der Waals surface area contributed by atoms with Crippen LogP contribution in [0.15, 0.2) is 12.3 Å². The van der Waals surface area contributed by atoms with Crippen molar-refractivity contribution < 1.29 is 0 Å². The van der Waals surface area contributed by atoms with Crippen LogP contribution in [0.4, 0.5) is 0 Å². The second-order valence-electron chi connectivity index (χ2n) is 3.34. The van der Waals surface area contributed by atoms with Crippen molar-refractivity contribution in [2.45, 2.75) is 32.4 Å². The Morgan fingerprint density at radius 1 is 1.75 bits per heavy atom. The van der Waals surface area contributed by atoms with E-state index >= 15 is 0 Å². The average Bonchev–Trinajstić information content (AvgIpc) is 2.53. The van der Waals surface area contributed by atoms with Crippen molar-refractivity contribution in [2.75, 3.05) is 6.54 Å². The maximum absolute atomic E-state index is 4.33. The summed E-state index contributed by atoms with van der Waals surface area (Å²) in [5.41, 5.74) is 1.32. The zero-order valence-electron chi connectivity index (χ0n) is 7.45. The lowest BCUT2D eigenvalue weighted by atomic mass is 10.1. The third-order valence-electron chi connectivity index (χ3n) is 2.41. The van der Waals surface area contributed by atoms with E-state index < -0.39 is 0 Å². The van der Waals surface area contributed by atoms with Crippen LogP contribution in [-0.4, -0.2) is 16.3 Å². The molecule has 3 nitrogen and oxygen atoms in total. The van der Waals surface area contributed by atoms with Gasteiger partial charge in [-0.1, -0.05) is 13.3 Å². The van der Waals surface area contributed by atoms with Crippen LogP contribution < -0.4 is 5.32 Å². The summed E-state index contributed by atoms with van der Waals surface area (Å²) in [6.07, 6.45) is 4.35. The minimum atomic E-state index is 0.578. The first kappa shape index (κ1) is 7.80. The van der Waals surface area contributed by atoms with E-state index in [9.17, 15) is 0 Å². The Morgan fingerprint density at radius 3 is 3.50 bits per heavy atom. The number of hydrogen-bond acceptors (Lipinski definition) is 2. The standard InChI is InChI=1S/C9H15N3/c1-2-3-8-6-10-7-9-4-5-11-12(8)9/h4-5,8,10H,2-3,6-7H2,1H3. The molecular weight excluding hydrogens is 150 g/mol. The highest BCUT2D eigenvalue weighted by molar-refractivity contribution is 5.04.